The summed E-state index contributed by atoms with van der Waals surface area (Å²) in [6.07, 6.45) is 1.42. The van der Waals surface area contributed by atoms with Crippen LogP contribution in [0.3, 0.4) is 0 Å². The zero-order valence-electron chi connectivity index (χ0n) is 6.37. The molecular formula is C6H11N3O. The van der Waals surface area contributed by atoms with Crippen molar-refractivity contribution in [1.29, 1.82) is 0 Å². The van der Waals surface area contributed by atoms with Crippen LogP contribution >= 0.6 is 0 Å². The van der Waals surface area contributed by atoms with Gasteiger partial charge < -0.3 is 5.11 Å². The van der Waals surface area contributed by atoms with Gasteiger partial charge in [-0.05, 0) is 13.8 Å². The average molecular weight is 141 g/mol. The van der Waals surface area contributed by atoms with Crippen molar-refractivity contribution in [3.05, 3.63) is 12.2 Å². The molecule has 56 valence electrons. The van der Waals surface area contributed by atoms with Gasteiger partial charge in [0.05, 0.1) is 0 Å². The molecule has 1 heterocycles. The molecule has 1 rings (SSSR count). The summed E-state index contributed by atoms with van der Waals surface area (Å²) >= 11 is 0. The minimum absolute atomic E-state index is 0.576. The van der Waals surface area contributed by atoms with E-state index in [1.807, 2.05) is 0 Å². The molecule has 0 saturated carbocycles. The molecule has 0 unspecified atom stereocenters. The highest BCUT2D eigenvalue weighted by atomic mass is 16.3. The molecule has 0 radical (unpaired) electrons. The van der Waals surface area contributed by atoms with Gasteiger partial charge in [0, 0.05) is 7.05 Å². The summed E-state index contributed by atoms with van der Waals surface area (Å²) in [5.74, 6) is 0.576. The summed E-state index contributed by atoms with van der Waals surface area (Å²) in [7, 11) is 1.75. The lowest BCUT2D eigenvalue weighted by Crippen LogP contribution is -2.21. The van der Waals surface area contributed by atoms with E-state index in [1.165, 1.54) is 6.33 Å². The van der Waals surface area contributed by atoms with Crippen LogP contribution < -0.4 is 0 Å². The summed E-state index contributed by atoms with van der Waals surface area (Å²) in [4.78, 5) is 3.89. The van der Waals surface area contributed by atoms with Gasteiger partial charge in [-0.3, -0.25) is 4.68 Å². The quantitative estimate of drug-likeness (QED) is 0.601. The Balaban J connectivity index is 3.05. The van der Waals surface area contributed by atoms with Crippen LogP contribution in [0, 0.1) is 0 Å². The van der Waals surface area contributed by atoms with Crippen LogP contribution in [-0.2, 0) is 12.6 Å². The van der Waals surface area contributed by atoms with Crippen LogP contribution in [0.5, 0.6) is 0 Å². The molecule has 1 aromatic heterocycles. The molecule has 0 bridgehead atoms. The van der Waals surface area contributed by atoms with Gasteiger partial charge in [0.1, 0.15) is 11.9 Å². The Kier molecular flexibility index (Phi) is 1.48. The largest absolute Gasteiger partial charge is 0.382 e. The third-order valence-corrected chi connectivity index (χ3v) is 1.26. The van der Waals surface area contributed by atoms with E-state index in [9.17, 15) is 5.11 Å². The smallest absolute Gasteiger partial charge is 0.158 e. The van der Waals surface area contributed by atoms with E-state index in [-0.39, 0.29) is 0 Å². The number of hydrogen-bond donors (Lipinski definition) is 1. The summed E-state index contributed by atoms with van der Waals surface area (Å²) in [5.41, 5.74) is -0.898. The summed E-state index contributed by atoms with van der Waals surface area (Å²) < 4.78 is 1.56. The van der Waals surface area contributed by atoms with Crippen molar-refractivity contribution in [3.63, 3.8) is 0 Å². The molecular weight excluding hydrogens is 130 g/mol. The van der Waals surface area contributed by atoms with Gasteiger partial charge in [-0.1, -0.05) is 0 Å². The standard InChI is InChI=1S/C6H11N3O/c1-6(2,10)5-7-4-8-9(5)3/h4,10H,1-3H3. The molecule has 0 fully saturated rings. The Morgan fingerprint density at radius 1 is 1.60 bits per heavy atom. The Morgan fingerprint density at radius 3 is 2.40 bits per heavy atom. The van der Waals surface area contributed by atoms with Gasteiger partial charge in [0.2, 0.25) is 0 Å². The van der Waals surface area contributed by atoms with E-state index < -0.39 is 5.60 Å². The van der Waals surface area contributed by atoms with E-state index in [4.69, 9.17) is 0 Å². The Morgan fingerprint density at radius 2 is 2.20 bits per heavy atom. The second kappa shape index (κ2) is 2.05. The zero-order valence-corrected chi connectivity index (χ0v) is 6.37. The van der Waals surface area contributed by atoms with Gasteiger partial charge in [-0.25, -0.2) is 4.98 Å². The molecule has 0 aliphatic heterocycles. The molecule has 4 nitrogen and oxygen atoms in total. The lowest BCUT2D eigenvalue weighted by Gasteiger charge is -2.14. The van der Waals surface area contributed by atoms with Gasteiger partial charge in [0.25, 0.3) is 0 Å². The van der Waals surface area contributed by atoms with Gasteiger partial charge >= 0.3 is 0 Å². The number of aliphatic hydroxyl groups is 1. The van der Waals surface area contributed by atoms with Crippen LogP contribution in [0.1, 0.15) is 19.7 Å². The van der Waals surface area contributed by atoms with E-state index in [0.717, 1.165) is 0 Å². The normalized spacial score (nSPS) is 12.0. The first kappa shape index (κ1) is 7.21. The maximum absolute atomic E-state index is 9.44. The fourth-order valence-corrected chi connectivity index (χ4v) is 0.850. The number of hydrogen-bond acceptors (Lipinski definition) is 3. The molecule has 0 aliphatic rings. The Hall–Kier alpha value is -0.900. The van der Waals surface area contributed by atoms with Crippen molar-refractivity contribution >= 4 is 0 Å². The molecule has 0 aliphatic carbocycles. The van der Waals surface area contributed by atoms with E-state index in [1.54, 1.807) is 25.6 Å². The number of aromatic nitrogens is 3. The first-order chi connectivity index (χ1) is 4.52. The highest BCUT2D eigenvalue weighted by molar-refractivity contribution is 4.95. The van der Waals surface area contributed by atoms with E-state index in [2.05, 4.69) is 10.1 Å². The molecule has 0 aromatic carbocycles. The molecule has 0 spiro atoms. The summed E-state index contributed by atoms with van der Waals surface area (Å²) in [6.45, 7) is 3.36. The first-order valence-electron chi connectivity index (χ1n) is 3.08. The van der Waals surface area contributed by atoms with Crippen LogP contribution in [0.4, 0.5) is 0 Å². The molecule has 0 atom stereocenters. The third-order valence-electron chi connectivity index (χ3n) is 1.26. The van der Waals surface area contributed by atoms with Crippen LogP contribution in [0.25, 0.3) is 0 Å². The fraction of sp³-hybridized carbons (Fsp3) is 0.667. The SMILES string of the molecule is Cn1ncnc1C(C)(C)O. The first-order valence-corrected chi connectivity index (χ1v) is 3.08. The maximum atomic E-state index is 9.44. The second-order valence-electron chi connectivity index (χ2n) is 2.77. The molecule has 1 aromatic rings. The predicted octanol–water partition coefficient (Wildman–Crippen LogP) is 0.0425. The number of aryl methyl sites for hydroxylation is 1. The lowest BCUT2D eigenvalue weighted by atomic mass is 10.1. The van der Waals surface area contributed by atoms with Crippen molar-refractivity contribution in [3.8, 4) is 0 Å². The van der Waals surface area contributed by atoms with Crippen molar-refractivity contribution < 1.29 is 5.11 Å². The minimum atomic E-state index is -0.898. The highest BCUT2D eigenvalue weighted by Crippen LogP contribution is 2.14. The zero-order chi connectivity index (χ0) is 7.78. The average Bonchev–Trinajstić information content (AvgIpc) is 2.11. The third kappa shape index (κ3) is 1.16. The van der Waals surface area contributed by atoms with Crippen molar-refractivity contribution in [2.75, 3.05) is 0 Å². The summed E-state index contributed by atoms with van der Waals surface area (Å²) in [5, 5.41) is 13.3. The number of rotatable bonds is 1. The lowest BCUT2D eigenvalue weighted by molar-refractivity contribution is 0.0647. The number of nitrogens with zero attached hydrogens (tertiary/aromatic N) is 3. The molecule has 1 N–H and O–H groups in total. The van der Waals surface area contributed by atoms with Crippen molar-refractivity contribution in [1.82, 2.24) is 14.8 Å². The van der Waals surface area contributed by atoms with E-state index in [0.29, 0.717) is 5.82 Å². The highest BCUT2D eigenvalue weighted by Gasteiger charge is 2.20. The topological polar surface area (TPSA) is 50.9 Å². The van der Waals surface area contributed by atoms with Crippen LogP contribution in [0.2, 0.25) is 0 Å². The van der Waals surface area contributed by atoms with Gasteiger partial charge in [-0.15, -0.1) is 0 Å². The maximum Gasteiger partial charge on any atom is 0.158 e. The monoisotopic (exact) mass is 141 g/mol. The van der Waals surface area contributed by atoms with Gasteiger partial charge in [-0.2, -0.15) is 5.10 Å². The molecule has 4 heteroatoms. The van der Waals surface area contributed by atoms with Crippen molar-refractivity contribution in [2.24, 2.45) is 7.05 Å². The fourth-order valence-electron chi connectivity index (χ4n) is 0.850. The molecule has 0 saturated heterocycles. The Labute approximate surface area is 59.5 Å². The molecule has 10 heavy (non-hydrogen) atoms. The molecule has 0 amide bonds. The van der Waals surface area contributed by atoms with Crippen LogP contribution in [0.15, 0.2) is 6.33 Å². The van der Waals surface area contributed by atoms with E-state index >= 15 is 0 Å². The second-order valence-corrected chi connectivity index (χ2v) is 2.77. The summed E-state index contributed by atoms with van der Waals surface area (Å²) in [6, 6.07) is 0. The van der Waals surface area contributed by atoms with Gasteiger partial charge in [0.15, 0.2) is 5.82 Å². The van der Waals surface area contributed by atoms with Crippen molar-refractivity contribution in [2.45, 2.75) is 19.4 Å². The Bertz CT molecular complexity index is 223. The minimum Gasteiger partial charge on any atom is -0.382 e. The van der Waals surface area contributed by atoms with Crippen LogP contribution in [-0.4, -0.2) is 19.9 Å². The predicted molar refractivity (Wildman–Crippen MR) is 36.2 cm³/mol.